The molecule has 2 aliphatic rings. The van der Waals surface area contributed by atoms with Crippen molar-refractivity contribution in [3.63, 3.8) is 0 Å². The number of piperidine rings is 1. The van der Waals surface area contributed by atoms with Crippen LogP contribution in [0.4, 0.5) is 5.82 Å². The van der Waals surface area contributed by atoms with Crippen LogP contribution in [0, 0.1) is 5.92 Å². The number of nitrogens with zero attached hydrogens (tertiary/aromatic N) is 4. The number of ether oxygens (including phenoxy) is 1. The lowest BCUT2D eigenvalue weighted by Gasteiger charge is -2.34. The third-order valence-corrected chi connectivity index (χ3v) is 5.12. The van der Waals surface area contributed by atoms with Gasteiger partial charge in [0.15, 0.2) is 5.82 Å². The van der Waals surface area contributed by atoms with Gasteiger partial charge in [-0.1, -0.05) is 30.3 Å². The fourth-order valence-electron chi connectivity index (χ4n) is 3.58. The molecule has 7 heteroatoms. The number of hydrogen-bond donors (Lipinski definition) is 1. The van der Waals surface area contributed by atoms with Crippen molar-refractivity contribution in [3.05, 3.63) is 42.5 Å². The number of anilines is 1. The zero-order chi connectivity index (χ0) is 18.5. The molecule has 0 saturated carbocycles. The average Bonchev–Trinajstić information content (AvgIpc) is 2.75. The average molecular weight is 367 g/mol. The lowest BCUT2D eigenvalue weighted by atomic mass is 9.97. The summed E-state index contributed by atoms with van der Waals surface area (Å²) in [6.07, 6.45) is 1.88. The van der Waals surface area contributed by atoms with E-state index in [1.165, 1.54) is 0 Å². The number of carbonyl (C=O) groups is 1. The summed E-state index contributed by atoms with van der Waals surface area (Å²) in [6.45, 7) is 4.40. The van der Waals surface area contributed by atoms with E-state index in [1.54, 1.807) is 0 Å². The van der Waals surface area contributed by atoms with Crippen LogP contribution < -0.4 is 10.3 Å². The molecule has 142 valence electrons. The summed E-state index contributed by atoms with van der Waals surface area (Å²) in [5.74, 6) is 0.895. The minimum atomic E-state index is -0.0304. The fourth-order valence-corrected chi connectivity index (χ4v) is 3.58. The van der Waals surface area contributed by atoms with Crippen LogP contribution in [0.15, 0.2) is 42.5 Å². The van der Waals surface area contributed by atoms with Gasteiger partial charge in [0.25, 0.3) is 0 Å². The van der Waals surface area contributed by atoms with Crippen LogP contribution in [0.1, 0.15) is 12.8 Å². The first-order valence-electron chi connectivity index (χ1n) is 9.57. The topological polar surface area (TPSA) is 70.6 Å². The smallest absolute Gasteiger partial charge is 0.239 e. The molecule has 27 heavy (non-hydrogen) atoms. The molecule has 0 bridgehead atoms. The van der Waals surface area contributed by atoms with E-state index in [4.69, 9.17) is 4.74 Å². The van der Waals surface area contributed by atoms with E-state index in [0.717, 1.165) is 49.6 Å². The number of carbonyl (C=O) groups excluding carboxylic acids is 1. The van der Waals surface area contributed by atoms with Gasteiger partial charge in [-0.15, -0.1) is 10.2 Å². The Balaban J connectivity index is 1.38. The number of morpholine rings is 1. The van der Waals surface area contributed by atoms with E-state index >= 15 is 0 Å². The van der Waals surface area contributed by atoms with Gasteiger partial charge in [0.2, 0.25) is 5.91 Å². The van der Waals surface area contributed by atoms with Crippen LogP contribution in [0.2, 0.25) is 0 Å². The second kappa shape index (κ2) is 8.45. The largest absolute Gasteiger partial charge is 0.379 e. The molecule has 1 unspecified atom stereocenters. The Labute approximate surface area is 159 Å². The zero-order valence-corrected chi connectivity index (χ0v) is 15.4. The lowest BCUT2D eigenvalue weighted by Crippen LogP contribution is -2.52. The molecule has 1 aromatic heterocycles. The molecule has 1 aromatic carbocycles. The number of hydrazine groups is 1. The Kier molecular flexibility index (Phi) is 5.60. The van der Waals surface area contributed by atoms with Gasteiger partial charge >= 0.3 is 0 Å². The molecule has 2 aliphatic heterocycles. The normalized spacial score (nSPS) is 21.0. The van der Waals surface area contributed by atoms with Crippen LogP contribution in [-0.4, -0.2) is 60.5 Å². The minimum Gasteiger partial charge on any atom is -0.379 e. The Morgan fingerprint density at radius 3 is 2.59 bits per heavy atom. The Bertz CT molecular complexity index is 747. The van der Waals surface area contributed by atoms with Crippen molar-refractivity contribution < 1.29 is 9.53 Å². The quantitative estimate of drug-likeness (QED) is 0.887. The minimum absolute atomic E-state index is 0.0304. The van der Waals surface area contributed by atoms with Gasteiger partial charge < -0.3 is 9.64 Å². The standard InChI is InChI=1S/C20H25N5O2/c26-20(23-25-11-13-27-14-12-25)17-7-4-10-24(15-17)19-9-8-18(21-22-19)16-5-2-1-3-6-16/h1-3,5-6,8-9,17H,4,7,10-15H2,(H,23,26). The first-order chi connectivity index (χ1) is 13.3. The molecule has 2 aromatic rings. The third-order valence-electron chi connectivity index (χ3n) is 5.12. The third kappa shape index (κ3) is 4.43. The molecule has 3 heterocycles. The highest BCUT2D eigenvalue weighted by atomic mass is 16.5. The molecule has 0 spiro atoms. The van der Waals surface area contributed by atoms with Crippen molar-refractivity contribution in [2.75, 3.05) is 44.3 Å². The van der Waals surface area contributed by atoms with Crippen LogP contribution in [0.25, 0.3) is 11.3 Å². The second-order valence-corrected chi connectivity index (χ2v) is 7.00. The van der Waals surface area contributed by atoms with Gasteiger partial charge in [-0.2, -0.15) is 0 Å². The highest BCUT2D eigenvalue weighted by Crippen LogP contribution is 2.23. The van der Waals surface area contributed by atoms with Gasteiger partial charge in [0.1, 0.15) is 0 Å². The molecule has 0 aliphatic carbocycles. The van der Waals surface area contributed by atoms with E-state index in [2.05, 4.69) is 20.5 Å². The number of benzene rings is 1. The predicted molar refractivity (Wildman–Crippen MR) is 103 cm³/mol. The molecule has 2 fully saturated rings. The molecule has 4 rings (SSSR count). The highest BCUT2D eigenvalue weighted by Gasteiger charge is 2.28. The molecular weight excluding hydrogens is 342 g/mol. The van der Waals surface area contributed by atoms with E-state index in [-0.39, 0.29) is 11.8 Å². The lowest BCUT2D eigenvalue weighted by molar-refractivity contribution is -0.132. The van der Waals surface area contributed by atoms with Gasteiger partial charge in [-0.3, -0.25) is 10.2 Å². The summed E-state index contributed by atoms with van der Waals surface area (Å²) >= 11 is 0. The zero-order valence-electron chi connectivity index (χ0n) is 15.4. The monoisotopic (exact) mass is 367 g/mol. The maximum Gasteiger partial charge on any atom is 0.239 e. The predicted octanol–water partition coefficient (Wildman–Crippen LogP) is 1.72. The van der Waals surface area contributed by atoms with Gasteiger partial charge in [0.05, 0.1) is 24.8 Å². The summed E-state index contributed by atoms with van der Waals surface area (Å²) in [4.78, 5) is 14.8. The number of nitrogens with one attached hydrogen (secondary N) is 1. The molecule has 1 atom stereocenters. The van der Waals surface area contributed by atoms with Crippen molar-refractivity contribution in [1.29, 1.82) is 0 Å². The summed E-state index contributed by atoms with van der Waals surface area (Å²) in [5.41, 5.74) is 4.96. The van der Waals surface area contributed by atoms with Crippen LogP contribution in [-0.2, 0) is 9.53 Å². The molecule has 2 saturated heterocycles. The first kappa shape index (κ1) is 17.9. The fraction of sp³-hybridized carbons (Fsp3) is 0.450. The molecule has 0 radical (unpaired) electrons. The molecular formula is C20H25N5O2. The number of rotatable bonds is 4. The van der Waals surface area contributed by atoms with E-state index < -0.39 is 0 Å². The van der Waals surface area contributed by atoms with E-state index in [1.807, 2.05) is 47.5 Å². The maximum atomic E-state index is 12.6. The number of amides is 1. The highest BCUT2D eigenvalue weighted by molar-refractivity contribution is 5.79. The Morgan fingerprint density at radius 1 is 1.04 bits per heavy atom. The van der Waals surface area contributed by atoms with Gasteiger partial charge in [-0.05, 0) is 25.0 Å². The van der Waals surface area contributed by atoms with Crippen molar-refractivity contribution >= 4 is 11.7 Å². The summed E-state index contributed by atoms with van der Waals surface area (Å²) < 4.78 is 5.33. The van der Waals surface area contributed by atoms with E-state index in [0.29, 0.717) is 19.8 Å². The van der Waals surface area contributed by atoms with E-state index in [9.17, 15) is 4.79 Å². The van der Waals surface area contributed by atoms with Crippen molar-refractivity contribution in [2.45, 2.75) is 12.8 Å². The maximum absolute atomic E-state index is 12.6. The Morgan fingerprint density at radius 2 is 1.85 bits per heavy atom. The summed E-state index contributed by atoms with van der Waals surface area (Å²) in [5, 5.41) is 10.7. The summed E-state index contributed by atoms with van der Waals surface area (Å²) in [7, 11) is 0. The van der Waals surface area contributed by atoms with Crippen LogP contribution in [0.5, 0.6) is 0 Å². The molecule has 1 amide bonds. The number of hydrogen-bond acceptors (Lipinski definition) is 6. The van der Waals surface area contributed by atoms with Crippen LogP contribution >= 0.6 is 0 Å². The summed E-state index contributed by atoms with van der Waals surface area (Å²) in [6, 6.07) is 14.0. The number of aromatic nitrogens is 2. The molecule has 7 nitrogen and oxygen atoms in total. The SMILES string of the molecule is O=C(NN1CCOCC1)C1CCCN(c2ccc(-c3ccccc3)nn2)C1. The first-order valence-corrected chi connectivity index (χ1v) is 9.57. The van der Waals surface area contributed by atoms with Gasteiger partial charge in [0, 0.05) is 31.7 Å². The molecule has 1 N–H and O–H groups in total. The Hall–Kier alpha value is -2.51. The van der Waals surface area contributed by atoms with Crippen molar-refractivity contribution in [3.8, 4) is 11.3 Å². The van der Waals surface area contributed by atoms with Gasteiger partial charge in [-0.25, -0.2) is 5.01 Å². The van der Waals surface area contributed by atoms with Crippen molar-refractivity contribution in [2.24, 2.45) is 5.92 Å². The van der Waals surface area contributed by atoms with Crippen molar-refractivity contribution in [1.82, 2.24) is 20.6 Å². The second-order valence-electron chi connectivity index (χ2n) is 7.00. The van der Waals surface area contributed by atoms with Crippen LogP contribution in [0.3, 0.4) is 0 Å².